The Labute approximate surface area is 158 Å². The van der Waals surface area contributed by atoms with Crippen molar-refractivity contribution >= 4 is 23.5 Å². The number of ether oxygens (including phenoxy) is 1. The fourth-order valence-electron chi connectivity index (χ4n) is 2.82. The Morgan fingerprint density at radius 1 is 1.35 bits per heavy atom. The number of hydrogen-bond acceptors (Lipinski definition) is 4. The molecule has 4 N–H and O–H groups in total. The molecule has 1 atom stereocenters. The van der Waals surface area contributed by atoms with Gasteiger partial charge in [-0.15, -0.1) is 0 Å². The van der Waals surface area contributed by atoms with Crippen LogP contribution in [-0.2, 0) is 0 Å². The Hall–Kier alpha value is -2.31. The number of rotatable bonds is 7. The highest BCUT2D eigenvalue weighted by molar-refractivity contribution is 6.32. The molecular weight excluding hydrogens is 354 g/mol. The molecule has 0 aliphatic heterocycles. The summed E-state index contributed by atoms with van der Waals surface area (Å²) in [5.74, 6) is 1.29. The SMILES string of the molecule is CC(C)CC(C)(N)COc1ccc(-c2ccnc(NC(=O)O)c2)cc1Cl. The first kappa shape index (κ1) is 20.0. The molecule has 1 heterocycles. The molecule has 0 radical (unpaired) electrons. The van der Waals surface area contributed by atoms with Gasteiger partial charge in [0.25, 0.3) is 0 Å². The molecule has 7 heteroatoms. The molecule has 140 valence electrons. The lowest BCUT2D eigenvalue weighted by Gasteiger charge is -2.26. The summed E-state index contributed by atoms with van der Waals surface area (Å²) in [6.07, 6.45) is 1.21. The van der Waals surface area contributed by atoms with Gasteiger partial charge >= 0.3 is 6.09 Å². The van der Waals surface area contributed by atoms with E-state index in [1.165, 1.54) is 6.20 Å². The van der Waals surface area contributed by atoms with Crippen LogP contribution >= 0.6 is 11.6 Å². The van der Waals surface area contributed by atoms with E-state index in [9.17, 15) is 4.79 Å². The van der Waals surface area contributed by atoms with Crippen LogP contribution in [0.15, 0.2) is 36.5 Å². The number of hydrogen-bond donors (Lipinski definition) is 3. The van der Waals surface area contributed by atoms with Crippen LogP contribution in [0.5, 0.6) is 5.75 Å². The highest BCUT2D eigenvalue weighted by Gasteiger charge is 2.21. The summed E-state index contributed by atoms with van der Waals surface area (Å²) in [5.41, 5.74) is 7.45. The quantitative estimate of drug-likeness (QED) is 0.653. The summed E-state index contributed by atoms with van der Waals surface area (Å²) in [4.78, 5) is 14.7. The van der Waals surface area contributed by atoms with Gasteiger partial charge in [0.1, 0.15) is 18.2 Å². The topological polar surface area (TPSA) is 97.5 Å². The van der Waals surface area contributed by atoms with Crippen LogP contribution in [-0.4, -0.2) is 28.3 Å². The highest BCUT2D eigenvalue weighted by Crippen LogP contribution is 2.31. The van der Waals surface area contributed by atoms with Crippen LogP contribution in [0.3, 0.4) is 0 Å². The molecule has 1 unspecified atom stereocenters. The van der Waals surface area contributed by atoms with E-state index in [0.717, 1.165) is 17.5 Å². The Kier molecular flexibility index (Phi) is 6.45. The van der Waals surface area contributed by atoms with Crippen LogP contribution in [0.1, 0.15) is 27.2 Å². The first-order valence-electron chi connectivity index (χ1n) is 8.34. The monoisotopic (exact) mass is 377 g/mol. The van der Waals surface area contributed by atoms with E-state index >= 15 is 0 Å². The van der Waals surface area contributed by atoms with Gasteiger partial charge < -0.3 is 15.6 Å². The van der Waals surface area contributed by atoms with Gasteiger partial charge in [-0.1, -0.05) is 31.5 Å². The molecule has 0 saturated heterocycles. The maximum atomic E-state index is 10.7. The van der Waals surface area contributed by atoms with Gasteiger partial charge in [0.05, 0.1) is 5.02 Å². The fraction of sp³-hybridized carbons (Fsp3) is 0.368. The van der Waals surface area contributed by atoms with Crippen molar-refractivity contribution in [1.82, 2.24) is 4.98 Å². The Morgan fingerprint density at radius 2 is 2.04 bits per heavy atom. The first-order chi connectivity index (χ1) is 12.2. The molecule has 2 aromatic rings. The summed E-state index contributed by atoms with van der Waals surface area (Å²) in [6, 6.07) is 8.83. The third-order valence-corrected chi connectivity index (χ3v) is 3.99. The van der Waals surface area contributed by atoms with Gasteiger partial charge in [-0.05, 0) is 54.7 Å². The van der Waals surface area contributed by atoms with Crippen molar-refractivity contribution in [2.45, 2.75) is 32.7 Å². The average Bonchev–Trinajstić information content (AvgIpc) is 2.52. The standard InChI is InChI=1S/C19H24ClN3O3/c1-12(2)10-19(3,21)11-26-16-5-4-13(8-15(16)20)14-6-7-22-17(9-14)23-18(24)25/h4-9,12H,10-11,21H2,1-3H3,(H,22,23)(H,24,25). The van der Waals surface area contributed by atoms with Gasteiger partial charge in [0.15, 0.2) is 0 Å². The highest BCUT2D eigenvalue weighted by atomic mass is 35.5. The summed E-state index contributed by atoms with van der Waals surface area (Å²) in [5, 5.41) is 11.5. The van der Waals surface area contributed by atoms with E-state index < -0.39 is 11.6 Å². The predicted octanol–water partition coefficient (Wildman–Crippen LogP) is 4.63. The molecule has 0 spiro atoms. The zero-order chi connectivity index (χ0) is 19.3. The molecule has 0 saturated carbocycles. The van der Waals surface area contributed by atoms with Crippen molar-refractivity contribution < 1.29 is 14.6 Å². The lowest BCUT2D eigenvalue weighted by molar-refractivity contribution is 0.207. The number of nitrogens with one attached hydrogen (secondary N) is 1. The number of aromatic nitrogens is 1. The second-order valence-corrected chi connectivity index (χ2v) is 7.45. The molecule has 1 amide bonds. The molecule has 26 heavy (non-hydrogen) atoms. The average molecular weight is 378 g/mol. The smallest absolute Gasteiger partial charge is 0.410 e. The molecule has 1 aromatic heterocycles. The van der Waals surface area contributed by atoms with E-state index in [1.807, 2.05) is 13.0 Å². The number of carboxylic acid groups (broad SMARTS) is 1. The normalized spacial score (nSPS) is 13.3. The van der Waals surface area contributed by atoms with Gasteiger partial charge in [0.2, 0.25) is 0 Å². The van der Waals surface area contributed by atoms with E-state index in [1.54, 1.807) is 24.3 Å². The number of pyridine rings is 1. The van der Waals surface area contributed by atoms with Crippen molar-refractivity contribution in [3.8, 4) is 16.9 Å². The number of anilines is 1. The van der Waals surface area contributed by atoms with Crippen molar-refractivity contribution in [2.75, 3.05) is 11.9 Å². The Bertz CT molecular complexity index is 778. The second kappa shape index (κ2) is 8.38. The van der Waals surface area contributed by atoms with Crippen molar-refractivity contribution in [1.29, 1.82) is 0 Å². The lowest BCUT2D eigenvalue weighted by Crippen LogP contribution is -2.43. The Morgan fingerprint density at radius 3 is 2.65 bits per heavy atom. The minimum Gasteiger partial charge on any atom is -0.490 e. The third kappa shape index (κ3) is 5.89. The molecule has 1 aromatic carbocycles. The summed E-state index contributed by atoms with van der Waals surface area (Å²) >= 11 is 6.35. The van der Waals surface area contributed by atoms with Crippen LogP contribution in [0, 0.1) is 5.92 Å². The molecule has 6 nitrogen and oxygen atoms in total. The molecule has 0 aliphatic carbocycles. The van der Waals surface area contributed by atoms with Gasteiger partial charge in [-0.25, -0.2) is 9.78 Å². The number of amides is 1. The van der Waals surface area contributed by atoms with Crippen LogP contribution in [0.4, 0.5) is 10.6 Å². The molecule has 0 fully saturated rings. The summed E-state index contributed by atoms with van der Waals surface area (Å²) in [6.45, 7) is 6.57. The first-order valence-corrected chi connectivity index (χ1v) is 8.72. The van der Waals surface area contributed by atoms with Crippen molar-refractivity contribution in [2.24, 2.45) is 11.7 Å². The van der Waals surface area contributed by atoms with Crippen LogP contribution < -0.4 is 15.8 Å². The Balaban J connectivity index is 2.13. The maximum Gasteiger partial charge on any atom is 0.410 e. The van der Waals surface area contributed by atoms with Gasteiger partial charge in [0, 0.05) is 11.7 Å². The number of nitrogens with two attached hydrogens (primary N) is 1. The summed E-state index contributed by atoms with van der Waals surface area (Å²) in [7, 11) is 0. The largest absolute Gasteiger partial charge is 0.490 e. The maximum absolute atomic E-state index is 10.7. The molecule has 0 aliphatic rings. The third-order valence-electron chi connectivity index (χ3n) is 3.69. The zero-order valence-corrected chi connectivity index (χ0v) is 15.9. The van der Waals surface area contributed by atoms with E-state index in [-0.39, 0.29) is 5.82 Å². The predicted molar refractivity (Wildman–Crippen MR) is 104 cm³/mol. The number of carbonyl (C=O) groups is 1. The second-order valence-electron chi connectivity index (χ2n) is 7.05. The zero-order valence-electron chi connectivity index (χ0n) is 15.1. The lowest BCUT2D eigenvalue weighted by atomic mass is 9.93. The minimum absolute atomic E-state index is 0.249. The number of nitrogens with zero attached hydrogens (tertiary/aromatic N) is 1. The molecular formula is C19H24ClN3O3. The molecule has 2 rings (SSSR count). The number of benzene rings is 1. The number of halogens is 1. The van der Waals surface area contributed by atoms with Crippen molar-refractivity contribution in [3.63, 3.8) is 0 Å². The van der Waals surface area contributed by atoms with Crippen LogP contribution in [0.25, 0.3) is 11.1 Å². The van der Waals surface area contributed by atoms with E-state index in [4.69, 9.17) is 27.2 Å². The van der Waals surface area contributed by atoms with Crippen molar-refractivity contribution in [3.05, 3.63) is 41.6 Å². The van der Waals surface area contributed by atoms with Gasteiger partial charge in [-0.3, -0.25) is 5.32 Å². The molecule has 0 bridgehead atoms. The van der Waals surface area contributed by atoms with E-state index in [0.29, 0.717) is 23.3 Å². The van der Waals surface area contributed by atoms with Gasteiger partial charge in [-0.2, -0.15) is 0 Å². The van der Waals surface area contributed by atoms with E-state index in [2.05, 4.69) is 24.1 Å². The minimum atomic E-state index is -1.16. The fourth-order valence-corrected chi connectivity index (χ4v) is 3.05. The summed E-state index contributed by atoms with van der Waals surface area (Å²) < 4.78 is 5.81. The van der Waals surface area contributed by atoms with Crippen LogP contribution in [0.2, 0.25) is 5.02 Å².